The molecule has 0 fully saturated rings. The summed E-state index contributed by atoms with van der Waals surface area (Å²) in [5, 5.41) is 3.42. The van der Waals surface area contributed by atoms with Gasteiger partial charge in [0, 0.05) is 11.8 Å². The van der Waals surface area contributed by atoms with Gasteiger partial charge in [0.15, 0.2) is 0 Å². The Morgan fingerprint density at radius 2 is 1.85 bits per heavy atom. The number of benzene rings is 2. The summed E-state index contributed by atoms with van der Waals surface area (Å²) in [6, 6.07) is 17.8. The van der Waals surface area contributed by atoms with E-state index in [2.05, 4.69) is 10.3 Å². The first kappa shape index (κ1) is 17.0. The highest BCUT2D eigenvalue weighted by atomic mass is 32.1. The zero-order chi connectivity index (χ0) is 18.8. The smallest absolute Gasteiger partial charge is 0.270 e. The molecule has 0 spiro atoms. The van der Waals surface area contributed by atoms with Crippen molar-refractivity contribution in [3.8, 4) is 0 Å². The highest BCUT2D eigenvalue weighted by Crippen LogP contribution is 2.19. The third-order valence-electron chi connectivity index (χ3n) is 4.18. The molecule has 6 nitrogen and oxygen atoms in total. The van der Waals surface area contributed by atoms with Crippen LogP contribution in [0.1, 0.15) is 15.9 Å². The number of hydrogen-bond donors (Lipinski definition) is 2. The summed E-state index contributed by atoms with van der Waals surface area (Å²) in [6.45, 7) is 0.438. The van der Waals surface area contributed by atoms with Gasteiger partial charge in [-0.15, -0.1) is 0 Å². The maximum absolute atomic E-state index is 12.4. The van der Waals surface area contributed by atoms with Crippen LogP contribution in [0.3, 0.4) is 0 Å². The zero-order valence-electron chi connectivity index (χ0n) is 14.3. The molecule has 0 saturated heterocycles. The van der Waals surface area contributed by atoms with Crippen LogP contribution in [0.2, 0.25) is 0 Å². The molecule has 0 aliphatic rings. The monoisotopic (exact) mass is 376 g/mol. The van der Waals surface area contributed by atoms with Crippen molar-refractivity contribution in [3.05, 3.63) is 88.3 Å². The van der Waals surface area contributed by atoms with E-state index in [0.717, 1.165) is 10.4 Å². The largest absolute Gasteiger partial charge is 0.397 e. The summed E-state index contributed by atoms with van der Waals surface area (Å²) in [6.07, 6.45) is 1.68. The van der Waals surface area contributed by atoms with E-state index >= 15 is 0 Å². The molecule has 0 aliphatic carbocycles. The number of anilines is 2. The fourth-order valence-electron chi connectivity index (χ4n) is 2.74. The van der Waals surface area contributed by atoms with E-state index in [0.29, 0.717) is 28.9 Å². The van der Waals surface area contributed by atoms with Crippen LogP contribution in [0, 0.1) is 0 Å². The number of nitrogens with zero attached hydrogens (tertiary/aromatic N) is 2. The van der Waals surface area contributed by atoms with Crippen LogP contribution in [-0.2, 0) is 6.54 Å². The molecule has 1 amide bonds. The van der Waals surface area contributed by atoms with E-state index in [-0.39, 0.29) is 11.5 Å². The molecule has 0 bridgehead atoms. The Kier molecular flexibility index (Phi) is 4.43. The van der Waals surface area contributed by atoms with E-state index in [1.54, 1.807) is 46.6 Å². The maximum atomic E-state index is 12.4. The number of hydrogen-bond acceptors (Lipinski definition) is 5. The Morgan fingerprint density at radius 1 is 1.07 bits per heavy atom. The second-order valence-electron chi connectivity index (χ2n) is 6.03. The van der Waals surface area contributed by atoms with Gasteiger partial charge >= 0.3 is 0 Å². The van der Waals surface area contributed by atoms with Gasteiger partial charge in [-0.1, -0.05) is 24.3 Å². The minimum atomic E-state index is -0.234. The van der Waals surface area contributed by atoms with E-state index in [4.69, 9.17) is 5.73 Å². The molecule has 2 aromatic heterocycles. The summed E-state index contributed by atoms with van der Waals surface area (Å²) < 4.78 is 1.66. The lowest BCUT2D eigenvalue weighted by Crippen LogP contribution is -2.15. The predicted octanol–water partition coefficient (Wildman–Crippen LogP) is 3.34. The summed E-state index contributed by atoms with van der Waals surface area (Å²) in [5.41, 5.74) is 8.34. The maximum Gasteiger partial charge on any atom is 0.270 e. The van der Waals surface area contributed by atoms with Gasteiger partial charge in [-0.3, -0.25) is 13.5 Å². The standard InChI is InChI=1S/C20H16N4O2S/c21-16-5-1-2-6-17(16)23-18(25)14-9-7-13(8-10-14)12-24-20(26)15-4-3-11-22-19(15)27-24/h1-11H,12,21H2,(H,23,25). The number of carbonyl (C=O) groups is 1. The van der Waals surface area contributed by atoms with Crippen molar-refractivity contribution in [1.29, 1.82) is 0 Å². The normalized spacial score (nSPS) is 10.8. The molecule has 4 aromatic rings. The molecular weight excluding hydrogens is 360 g/mol. The van der Waals surface area contributed by atoms with Crippen LogP contribution in [0.5, 0.6) is 0 Å². The minimum Gasteiger partial charge on any atom is -0.397 e. The number of aromatic nitrogens is 2. The molecule has 2 heterocycles. The van der Waals surface area contributed by atoms with Gasteiger partial charge in [0.05, 0.1) is 23.3 Å². The second-order valence-corrected chi connectivity index (χ2v) is 7.04. The number of para-hydroxylation sites is 2. The average Bonchev–Trinajstić information content (AvgIpc) is 3.00. The number of fused-ring (bicyclic) bond motifs is 1. The van der Waals surface area contributed by atoms with Crippen LogP contribution in [-0.4, -0.2) is 14.8 Å². The number of rotatable bonds is 4. The van der Waals surface area contributed by atoms with Crippen LogP contribution in [0.15, 0.2) is 71.7 Å². The average molecular weight is 376 g/mol. The number of pyridine rings is 1. The van der Waals surface area contributed by atoms with Crippen molar-refractivity contribution < 1.29 is 4.79 Å². The topological polar surface area (TPSA) is 90.0 Å². The Morgan fingerprint density at radius 3 is 2.59 bits per heavy atom. The van der Waals surface area contributed by atoms with Crippen LogP contribution >= 0.6 is 11.5 Å². The van der Waals surface area contributed by atoms with Crippen LogP contribution < -0.4 is 16.6 Å². The van der Waals surface area contributed by atoms with E-state index in [1.165, 1.54) is 11.5 Å². The first-order valence-electron chi connectivity index (χ1n) is 8.31. The molecule has 0 atom stereocenters. The Labute approximate surface area is 159 Å². The first-order valence-corrected chi connectivity index (χ1v) is 9.09. The second kappa shape index (κ2) is 7.05. The zero-order valence-corrected chi connectivity index (χ0v) is 15.1. The fraction of sp³-hybridized carbons (Fsp3) is 0.0500. The molecule has 4 rings (SSSR count). The lowest BCUT2D eigenvalue weighted by molar-refractivity contribution is 0.102. The van der Waals surface area contributed by atoms with Gasteiger partial charge in [-0.05, 0) is 53.5 Å². The molecule has 0 unspecified atom stereocenters. The molecule has 3 N–H and O–H groups in total. The number of nitrogen functional groups attached to an aromatic ring is 1. The fourth-order valence-corrected chi connectivity index (χ4v) is 3.71. The first-order chi connectivity index (χ1) is 13.1. The summed E-state index contributed by atoms with van der Waals surface area (Å²) in [4.78, 5) is 29.7. The van der Waals surface area contributed by atoms with Gasteiger partial charge in [0.1, 0.15) is 4.83 Å². The quantitative estimate of drug-likeness (QED) is 0.535. The molecule has 7 heteroatoms. The summed E-state index contributed by atoms with van der Waals surface area (Å²) in [5.74, 6) is -0.234. The third-order valence-corrected chi connectivity index (χ3v) is 5.19. The number of nitrogens with two attached hydrogens (primary N) is 1. The van der Waals surface area contributed by atoms with E-state index in [9.17, 15) is 9.59 Å². The number of amides is 1. The van der Waals surface area contributed by atoms with Gasteiger partial charge in [0.25, 0.3) is 11.5 Å². The molecular formula is C20H16N4O2S. The lowest BCUT2D eigenvalue weighted by Gasteiger charge is -2.08. The summed E-state index contributed by atoms with van der Waals surface area (Å²) >= 11 is 1.33. The summed E-state index contributed by atoms with van der Waals surface area (Å²) in [7, 11) is 0. The number of nitrogens with one attached hydrogen (secondary N) is 1. The van der Waals surface area contributed by atoms with Gasteiger partial charge in [-0.25, -0.2) is 4.98 Å². The Bertz CT molecular complexity index is 1180. The van der Waals surface area contributed by atoms with Gasteiger partial charge in [-0.2, -0.15) is 0 Å². The van der Waals surface area contributed by atoms with Crippen molar-refractivity contribution in [1.82, 2.24) is 8.94 Å². The van der Waals surface area contributed by atoms with E-state index < -0.39 is 0 Å². The predicted molar refractivity (Wildman–Crippen MR) is 108 cm³/mol. The molecule has 0 aliphatic heterocycles. The Hall–Kier alpha value is -3.45. The van der Waals surface area contributed by atoms with Crippen molar-refractivity contribution in [2.45, 2.75) is 6.54 Å². The molecule has 134 valence electrons. The van der Waals surface area contributed by atoms with Crippen molar-refractivity contribution in [2.75, 3.05) is 11.1 Å². The Balaban J connectivity index is 1.51. The van der Waals surface area contributed by atoms with Crippen molar-refractivity contribution in [2.24, 2.45) is 0 Å². The molecule has 0 radical (unpaired) electrons. The van der Waals surface area contributed by atoms with Crippen LogP contribution in [0.4, 0.5) is 11.4 Å². The molecule has 0 saturated carbocycles. The van der Waals surface area contributed by atoms with Crippen molar-refractivity contribution >= 4 is 39.0 Å². The van der Waals surface area contributed by atoms with Crippen LogP contribution in [0.25, 0.3) is 10.2 Å². The van der Waals surface area contributed by atoms with E-state index in [1.807, 2.05) is 24.3 Å². The number of carbonyl (C=O) groups excluding carboxylic acids is 1. The van der Waals surface area contributed by atoms with Crippen molar-refractivity contribution in [3.63, 3.8) is 0 Å². The lowest BCUT2D eigenvalue weighted by atomic mass is 10.1. The minimum absolute atomic E-state index is 0.0514. The SMILES string of the molecule is Nc1ccccc1NC(=O)c1ccc(Cn2sc3ncccc3c2=O)cc1. The highest BCUT2D eigenvalue weighted by molar-refractivity contribution is 7.13. The van der Waals surface area contributed by atoms with Gasteiger partial charge in [0.2, 0.25) is 0 Å². The highest BCUT2D eigenvalue weighted by Gasteiger charge is 2.10. The van der Waals surface area contributed by atoms with Gasteiger partial charge < -0.3 is 11.1 Å². The third kappa shape index (κ3) is 3.45. The molecule has 2 aromatic carbocycles. The molecule has 27 heavy (non-hydrogen) atoms.